The number of aliphatic hydroxyl groups excluding tert-OH is 1. The van der Waals surface area contributed by atoms with Gasteiger partial charge in [-0.3, -0.25) is 0 Å². The van der Waals surface area contributed by atoms with Gasteiger partial charge in [0.1, 0.15) is 5.82 Å². The van der Waals surface area contributed by atoms with Crippen LogP contribution in [0.1, 0.15) is 22.8 Å². The SMILES string of the molecule is Cc1c(Cc2ccc(F)c(F)c2)nc(CCO)n1C. The lowest BCUT2D eigenvalue weighted by Crippen LogP contribution is -2.01. The fourth-order valence-corrected chi connectivity index (χ4v) is 2.03. The van der Waals surface area contributed by atoms with Crippen molar-refractivity contribution in [2.45, 2.75) is 19.8 Å². The van der Waals surface area contributed by atoms with E-state index < -0.39 is 11.6 Å². The minimum atomic E-state index is -0.846. The van der Waals surface area contributed by atoms with Gasteiger partial charge in [-0.1, -0.05) is 6.07 Å². The molecule has 2 aromatic rings. The van der Waals surface area contributed by atoms with Crippen LogP contribution in [0.25, 0.3) is 0 Å². The average Bonchev–Trinajstić information content (AvgIpc) is 2.63. The number of aliphatic hydroxyl groups is 1. The standard InChI is InChI=1S/C14H16F2N2O/c1-9-13(17-14(5-6-19)18(9)2)8-10-3-4-11(15)12(16)7-10/h3-4,7,19H,5-6,8H2,1-2H3. The highest BCUT2D eigenvalue weighted by molar-refractivity contribution is 5.26. The first-order valence-electron chi connectivity index (χ1n) is 6.08. The summed E-state index contributed by atoms with van der Waals surface area (Å²) in [7, 11) is 1.88. The number of halogens is 2. The molecule has 0 spiro atoms. The second kappa shape index (κ2) is 5.48. The second-order valence-corrected chi connectivity index (χ2v) is 4.52. The van der Waals surface area contributed by atoms with E-state index in [2.05, 4.69) is 4.98 Å². The molecule has 0 radical (unpaired) electrons. The zero-order chi connectivity index (χ0) is 14.0. The topological polar surface area (TPSA) is 38.1 Å². The zero-order valence-electron chi connectivity index (χ0n) is 11.0. The molecule has 0 fully saturated rings. The molecule has 1 N–H and O–H groups in total. The van der Waals surface area contributed by atoms with Crippen molar-refractivity contribution in [1.29, 1.82) is 0 Å². The van der Waals surface area contributed by atoms with Crippen molar-refractivity contribution in [3.05, 3.63) is 52.6 Å². The smallest absolute Gasteiger partial charge is 0.159 e. The maximum absolute atomic E-state index is 13.2. The first-order valence-corrected chi connectivity index (χ1v) is 6.08. The summed E-state index contributed by atoms with van der Waals surface area (Å²) in [4.78, 5) is 4.43. The van der Waals surface area contributed by atoms with Crippen molar-refractivity contribution in [1.82, 2.24) is 9.55 Å². The lowest BCUT2D eigenvalue weighted by atomic mass is 10.1. The van der Waals surface area contributed by atoms with E-state index in [-0.39, 0.29) is 6.61 Å². The third-order valence-electron chi connectivity index (χ3n) is 3.26. The van der Waals surface area contributed by atoms with Crippen molar-refractivity contribution in [3.63, 3.8) is 0 Å². The first kappa shape index (κ1) is 13.7. The second-order valence-electron chi connectivity index (χ2n) is 4.52. The normalized spacial score (nSPS) is 11.0. The van der Waals surface area contributed by atoms with E-state index in [0.29, 0.717) is 18.4 Å². The third-order valence-corrected chi connectivity index (χ3v) is 3.26. The van der Waals surface area contributed by atoms with E-state index in [9.17, 15) is 8.78 Å². The van der Waals surface area contributed by atoms with Crippen LogP contribution in [-0.2, 0) is 19.9 Å². The van der Waals surface area contributed by atoms with E-state index in [1.165, 1.54) is 6.07 Å². The van der Waals surface area contributed by atoms with Crippen molar-refractivity contribution >= 4 is 0 Å². The molecule has 2 rings (SSSR count). The number of aromatic nitrogens is 2. The van der Waals surface area contributed by atoms with Gasteiger partial charge in [0.05, 0.1) is 12.3 Å². The molecule has 1 aromatic heterocycles. The molecule has 0 aliphatic rings. The Morgan fingerprint density at radius 2 is 2.00 bits per heavy atom. The van der Waals surface area contributed by atoms with Crippen LogP contribution >= 0.6 is 0 Å². The van der Waals surface area contributed by atoms with Gasteiger partial charge in [0.2, 0.25) is 0 Å². The molecule has 102 valence electrons. The van der Waals surface area contributed by atoms with Gasteiger partial charge in [-0.25, -0.2) is 13.8 Å². The van der Waals surface area contributed by atoms with Gasteiger partial charge in [-0.2, -0.15) is 0 Å². The van der Waals surface area contributed by atoms with E-state index in [4.69, 9.17) is 5.11 Å². The Morgan fingerprint density at radius 3 is 2.63 bits per heavy atom. The Morgan fingerprint density at radius 1 is 1.26 bits per heavy atom. The van der Waals surface area contributed by atoms with Crippen LogP contribution in [0.2, 0.25) is 0 Å². The summed E-state index contributed by atoms with van der Waals surface area (Å²) in [5, 5.41) is 8.96. The van der Waals surface area contributed by atoms with Crippen LogP contribution in [-0.4, -0.2) is 21.3 Å². The molecule has 0 atom stereocenters. The van der Waals surface area contributed by atoms with Crippen molar-refractivity contribution in [2.75, 3.05) is 6.61 Å². The summed E-state index contributed by atoms with van der Waals surface area (Å²) in [6.07, 6.45) is 0.928. The number of hydrogen-bond donors (Lipinski definition) is 1. The van der Waals surface area contributed by atoms with Gasteiger partial charge in [0.15, 0.2) is 11.6 Å². The lowest BCUT2D eigenvalue weighted by Gasteiger charge is -2.02. The summed E-state index contributed by atoms with van der Waals surface area (Å²) in [5.41, 5.74) is 2.46. The summed E-state index contributed by atoms with van der Waals surface area (Å²) in [6.45, 7) is 1.96. The van der Waals surface area contributed by atoms with Crippen LogP contribution in [0.15, 0.2) is 18.2 Å². The summed E-state index contributed by atoms with van der Waals surface area (Å²) in [6, 6.07) is 3.87. The first-order chi connectivity index (χ1) is 9.02. The quantitative estimate of drug-likeness (QED) is 0.920. The fraction of sp³-hybridized carbons (Fsp3) is 0.357. The Labute approximate surface area is 110 Å². The Kier molecular flexibility index (Phi) is 3.95. The maximum atomic E-state index is 13.2. The molecule has 0 aliphatic carbocycles. The maximum Gasteiger partial charge on any atom is 0.159 e. The average molecular weight is 266 g/mol. The molecule has 3 nitrogen and oxygen atoms in total. The molecule has 0 amide bonds. The van der Waals surface area contributed by atoms with Gasteiger partial charge < -0.3 is 9.67 Å². The molecule has 0 saturated carbocycles. The summed E-state index contributed by atoms with van der Waals surface area (Å²) in [5.74, 6) is -0.901. The summed E-state index contributed by atoms with van der Waals surface area (Å²) < 4.78 is 27.9. The molecule has 1 aromatic carbocycles. The number of benzene rings is 1. The Hall–Kier alpha value is -1.75. The number of imidazole rings is 1. The monoisotopic (exact) mass is 266 g/mol. The summed E-state index contributed by atoms with van der Waals surface area (Å²) >= 11 is 0. The molecule has 0 aliphatic heterocycles. The molecular weight excluding hydrogens is 250 g/mol. The van der Waals surface area contributed by atoms with Gasteiger partial charge in [0.25, 0.3) is 0 Å². The predicted octanol–water partition coefficient (Wildman–Crippen LogP) is 2.13. The minimum Gasteiger partial charge on any atom is -0.396 e. The van der Waals surface area contributed by atoms with Crippen molar-refractivity contribution in [3.8, 4) is 0 Å². The van der Waals surface area contributed by atoms with Crippen molar-refractivity contribution in [2.24, 2.45) is 7.05 Å². The fourth-order valence-electron chi connectivity index (χ4n) is 2.03. The van der Waals surface area contributed by atoms with Gasteiger partial charge >= 0.3 is 0 Å². The molecular formula is C14H16F2N2O. The molecule has 1 heterocycles. The zero-order valence-corrected chi connectivity index (χ0v) is 11.0. The Balaban J connectivity index is 2.27. The highest BCUT2D eigenvalue weighted by Crippen LogP contribution is 2.16. The van der Waals surface area contributed by atoms with E-state index in [0.717, 1.165) is 23.3 Å². The van der Waals surface area contributed by atoms with Crippen LogP contribution in [0.4, 0.5) is 8.78 Å². The number of nitrogens with zero attached hydrogens (tertiary/aromatic N) is 2. The highest BCUT2D eigenvalue weighted by atomic mass is 19.2. The lowest BCUT2D eigenvalue weighted by molar-refractivity contribution is 0.295. The molecule has 5 heteroatoms. The molecule has 0 bridgehead atoms. The van der Waals surface area contributed by atoms with Crippen LogP contribution in [0.5, 0.6) is 0 Å². The molecule has 19 heavy (non-hydrogen) atoms. The minimum absolute atomic E-state index is 0.0366. The van der Waals surface area contributed by atoms with Crippen LogP contribution in [0.3, 0.4) is 0 Å². The largest absolute Gasteiger partial charge is 0.396 e. The highest BCUT2D eigenvalue weighted by Gasteiger charge is 2.12. The number of hydrogen-bond acceptors (Lipinski definition) is 2. The molecule has 0 unspecified atom stereocenters. The van der Waals surface area contributed by atoms with Gasteiger partial charge in [-0.15, -0.1) is 0 Å². The van der Waals surface area contributed by atoms with Crippen molar-refractivity contribution < 1.29 is 13.9 Å². The number of rotatable bonds is 4. The van der Waals surface area contributed by atoms with Gasteiger partial charge in [0, 0.05) is 25.6 Å². The van der Waals surface area contributed by atoms with Crippen LogP contribution < -0.4 is 0 Å². The Bertz CT molecular complexity index is 593. The van der Waals surface area contributed by atoms with Crippen LogP contribution in [0, 0.1) is 18.6 Å². The van der Waals surface area contributed by atoms with E-state index in [1.807, 2.05) is 18.5 Å². The van der Waals surface area contributed by atoms with Gasteiger partial charge in [-0.05, 0) is 24.6 Å². The van der Waals surface area contributed by atoms with E-state index in [1.54, 1.807) is 6.07 Å². The third kappa shape index (κ3) is 2.81. The predicted molar refractivity (Wildman–Crippen MR) is 67.9 cm³/mol. The van der Waals surface area contributed by atoms with E-state index >= 15 is 0 Å². The molecule has 0 saturated heterocycles.